The van der Waals surface area contributed by atoms with Crippen LogP contribution in [0.25, 0.3) is 11.1 Å². The van der Waals surface area contributed by atoms with Crippen molar-refractivity contribution in [1.82, 2.24) is 19.8 Å². The van der Waals surface area contributed by atoms with Gasteiger partial charge in [0.05, 0.1) is 12.2 Å². The summed E-state index contributed by atoms with van der Waals surface area (Å²) in [6, 6.07) is 7.87. The average Bonchev–Trinajstić information content (AvgIpc) is 2.74. The van der Waals surface area contributed by atoms with E-state index in [0.717, 1.165) is 61.8 Å². The molecular formula is C23H32ClN5O. The van der Waals surface area contributed by atoms with Crippen LogP contribution in [0, 0.1) is 0 Å². The van der Waals surface area contributed by atoms with Crippen molar-refractivity contribution < 1.29 is 4.79 Å². The lowest BCUT2D eigenvalue weighted by Crippen LogP contribution is -2.43. The summed E-state index contributed by atoms with van der Waals surface area (Å²) in [6.45, 7) is 7.89. The standard InChI is InChI=1S/C23H32ClN5O/c1-5-29(6-2)21(30)16-28-12-10-17(11-13-28)22-20(15-25-23(26-22)27(3)4)18-8-7-9-19(24)14-18/h7-9,14-15,17H,5-6,10-13,16H2,1-4H3. The molecule has 0 unspecified atom stereocenters. The summed E-state index contributed by atoms with van der Waals surface area (Å²) in [7, 11) is 3.92. The van der Waals surface area contributed by atoms with Gasteiger partial charge in [0.2, 0.25) is 11.9 Å². The van der Waals surface area contributed by atoms with Crippen LogP contribution in [0.4, 0.5) is 5.95 Å². The predicted molar refractivity (Wildman–Crippen MR) is 123 cm³/mol. The van der Waals surface area contributed by atoms with E-state index < -0.39 is 0 Å². The van der Waals surface area contributed by atoms with Crippen molar-refractivity contribution in [1.29, 1.82) is 0 Å². The second-order valence-corrected chi connectivity index (χ2v) is 8.43. The highest BCUT2D eigenvalue weighted by molar-refractivity contribution is 6.30. The molecule has 1 amide bonds. The summed E-state index contributed by atoms with van der Waals surface area (Å²) >= 11 is 6.24. The second-order valence-electron chi connectivity index (χ2n) is 7.99. The van der Waals surface area contributed by atoms with E-state index in [-0.39, 0.29) is 5.91 Å². The van der Waals surface area contributed by atoms with Crippen LogP contribution in [-0.2, 0) is 4.79 Å². The van der Waals surface area contributed by atoms with Crippen LogP contribution in [0.5, 0.6) is 0 Å². The van der Waals surface area contributed by atoms with Gasteiger partial charge in [0.15, 0.2) is 0 Å². The molecule has 6 nitrogen and oxygen atoms in total. The molecule has 1 aliphatic heterocycles. The number of carbonyl (C=O) groups is 1. The van der Waals surface area contributed by atoms with Gasteiger partial charge in [-0.15, -0.1) is 0 Å². The van der Waals surface area contributed by atoms with Crippen molar-refractivity contribution in [3.63, 3.8) is 0 Å². The lowest BCUT2D eigenvalue weighted by atomic mass is 9.89. The van der Waals surface area contributed by atoms with E-state index in [1.807, 2.05) is 62.1 Å². The number of amides is 1. The minimum atomic E-state index is 0.218. The molecule has 3 rings (SSSR count). The van der Waals surface area contributed by atoms with Gasteiger partial charge in [0.1, 0.15) is 0 Å². The van der Waals surface area contributed by atoms with Gasteiger partial charge in [-0.25, -0.2) is 9.97 Å². The molecule has 2 aromatic rings. The number of benzene rings is 1. The van der Waals surface area contributed by atoms with E-state index in [1.54, 1.807) is 0 Å². The Labute approximate surface area is 184 Å². The molecule has 0 N–H and O–H groups in total. The molecule has 0 spiro atoms. The quantitative estimate of drug-likeness (QED) is 0.667. The fourth-order valence-corrected chi connectivity index (χ4v) is 4.21. The maximum absolute atomic E-state index is 12.5. The summed E-state index contributed by atoms with van der Waals surface area (Å²) in [4.78, 5) is 28.0. The van der Waals surface area contributed by atoms with E-state index in [1.165, 1.54) is 0 Å². The first-order valence-corrected chi connectivity index (χ1v) is 11.1. The van der Waals surface area contributed by atoms with Crippen molar-refractivity contribution in [2.24, 2.45) is 0 Å². The molecule has 0 saturated carbocycles. The van der Waals surface area contributed by atoms with Gasteiger partial charge >= 0.3 is 0 Å². The van der Waals surface area contributed by atoms with Gasteiger partial charge in [-0.05, 0) is 57.5 Å². The van der Waals surface area contributed by atoms with Gasteiger partial charge in [-0.2, -0.15) is 0 Å². The number of carbonyl (C=O) groups excluding carboxylic acids is 1. The van der Waals surface area contributed by atoms with Crippen LogP contribution in [0.3, 0.4) is 0 Å². The Morgan fingerprint density at radius 2 is 1.90 bits per heavy atom. The van der Waals surface area contributed by atoms with Crippen molar-refractivity contribution in [3.05, 3.63) is 41.2 Å². The van der Waals surface area contributed by atoms with E-state index in [0.29, 0.717) is 17.5 Å². The fraction of sp³-hybridized carbons (Fsp3) is 0.522. The molecule has 0 aliphatic carbocycles. The molecule has 7 heteroatoms. The Balaban J connectivity index is 1.78. The van der Waals surface area contributed by atoms with Crippen molar-refractivity contribution in [2.75, 3.05) is 51.7 Å². The molecule has 2 heterocycles. The predicted octanol–water partition coefficient (Wildman–Crippen LogP) is 3.91. The number of aromatic nitrogens is 2. The zero-order chi connectivity index (χ0) is 21.7. The third-order valence-corrected chi connectivity index (χ3v) is 6.03. The van der Waals surface area contributed by atoms with Gasteiger partial charge in [-0.3, -0.25) is 9.69 Å². The Morgan fingerprint density at radius 1 is 1.20 bits per heavy atom. The minimum Gasteiger partial charge on any atom is -0.347 e. The summed E-state index contributed by atoms with van der Waals surface area (Å²) in [5, 5.41) is 0.708. The highest BCUT2D eigenvalue weighted by atomic mass is 35.5. The van der Waals surface area contributed by atoms with E-state index in [4.69, 9.17) is 16.6 Å². The maximum atomic E-state index is 12.5. The number of likely N-dealkylation sites (tertiary alicyclic amines) is 1. The Hall–Kier alpha value is -2.18. The Morgan fingerprint density at radius 3 is 2.50 bits per heavy atom. The SMILES string of the molecule is CCN(CC)C(=O)CN1CCC(c2nc(N(C)C)ncc2-c2cccc(Cl)c2)CC1. The summed E-state index contributed by atoms with van der Waals surface area (Å²) in [5.41, 5.74) is 3.16. The van der Waals surface area contributed by atoms with Crippen LogP contribution in [-0.4, -0.2) is 72.5 Å². The van der Waals surface area contributed by atoms with Crippen LogP contribution in [0.15, 0.2) is 30.5 Å². The first-order valence-electron chi connectivity index (χ1n) is 10.7. The first kappa shape index (κ1) is 22.5. The van der Waals surface area contributed by atoms with E-state index in [2.05, 4.69) is 16.0 Å². The zero-order valence-electron chi connectivity index (χ0n) is 18.4. The lowest BCUT2D eigenvalue weighted by molar-refractivity contribution is -0.132. The number of anilines is 1. The lowest BCUT2D eigenvalue weighted by Gasteiger charge is -2.33. The summed E-state index contributed by atoms with van der Waals surface area (Å²) in [6.07, 6.45) is 3.87. The molecular weight excluding hydrogens is 398 g/mol. The van der Waals surface area contributed by atoms with Gasteiger partial charge in [0.25, 0.3) is 0 Å². The third-order valence-electron chi connectivity index (χ3n) is 5.79. The highest BCUT2D eigenvalue weighted by Crippen LogP contribution is 2.35. The highest BCUT2D eigenvalue weighted by Gasteiger charge is 2.27. The molecule has 1 fully saturated rings. The molecule has 1 aromatic carbocycles. The number of nitrogens with zero attached hydrogens (tertiary/aromatic N) is 5. The minimum absolute atomic E-state index is 0.218. The number of halogens is 1. The molecule has 1 saturated heterocycles. The monoisotopic (exact) mass is 429 g/mol. The summed E-state index contributed by atoms with van der Waals surface area (Å²) < 4.78 is 0. The number of hydrogen-bond donors (Lipinski definition) is 0. The molecule has 162 valence electrons. The topological polar surface area (TPSA) is 52.6 Å². The molecule has 0 radical (unpaired) electrons. The maximum Gasteiger partial charge on any atom is 0.236 e. The van der Waals surface area contributed by atoms with Gasteiger partial charge < -0.3 is 9.80 Å². The molecule has 1 aromatic heterocycles. The molecule has 1 aliphatic rings. The summed E-state index contributed by atoms with van der Waals surface area (Å²) in [5.74, 6) is 1.27. The van der Waals surface area contributed by atoms with Crippen LogP contribution < -0.4 is 4.90 Å². The first-order chi connectivity index (χ1) is 14.4. The van der Waals surface area contributed by atoms with Gasteiger partial charge in [0, 0.05) is 49.9 Å². The van der Waals surface area contributed by atoms with Crippen molar-refractivity contribution in [3.8, 4) is 11.1 Å². The average molecular weight is 430 g/mol. The number of piperidine rings is 1. The molecule has 0 atom stereocenters. The van der Waals surface area contributed by atoms with E-state index >= 15 is 0 Å². The Bertz CT molecular complexity index is 860. The zero-order valence-corrected chi connectivity index (χ0v) is 19.2. The largest absolute Gasteiger partial charge is 0.347 e. The second kappa shape index (κ2) is 10.2. The molecule has 0 bridgehead atoms. The van der Waals surface area contributed by atoms with Gasteiger partial charge in [-0.1, -0.05) is 23.7 Å². The number of rotatable bonds is 7. The third kappa shape index (κ3) is 5.29. The van der Waals surface area contributed by atoms with Crippen molar-refractivity contribution in [2.45, 2.75) is 32.6 Å². The van der Waals surface area contributed by atoms with Crippen LogP contribution in [0.2, 0.25) is 5.02 Å². The van der Waals surface area contributed by atoms with Crippen molar-refractivity contribution >= 4 is 23.5 Å². The Kier molecular flexibility index (Phi) is 7.67. The van der Waals surface area contributed by atoms with Crippen LogP contribution in [0.1, 0.15) is 38.3 Å². The molecule has 30 heavy (non-hydrogen) atoms. The normalized spacial score (nSPS) is 15.2. The fourth-order valence-electron chi connectivity index (χ4n) is 4.02. The number of likely N-dealkylation sites (N-methyl/N-ethyl adjacent to an activating group) is 1. The number of hydrogen-bond acceptors (Lipinski definition) is 5. The van der Waals surface area contributed by atoms with Crippen LogP contribution >= 0.6 is 11.6 Å². The smallest absolute Gasteiger partial charge is 0.236 e. The van der Waals surface area contributed by atoms with E-state index in [9.17, 15) is 4.79 Å².